The van der Waals surface area contributed by atoms with Crippen molar-refractivity contribution in [3.63, 3.8) is 0 Å². The number of aromatic nitrogens is 1. The van der Waals surface area contributed by atoms with Crippen molar-refractivity contribution in [2.75, 3.05) is 11.9 Å². The number of hydrogen-bond donors (Lipinski definition) is 1. The van der Waals surface area contributed by atoms with Gasteiger partial charge in [-0.1, -0.05) is 46.0 Å². The Morgan fingerprint density at radius 3 is 2.45 bits per heavy atom. The van der Waals surface area contributed by atoms with Crippen LogP contribution in [0.1, 0.15) is 50.0 Å². The SMILES string of the molecule is Cc1nc(NC(=O)C(C)(C)C)sc1C(=O)OCC(C)C. The standard InChI is InChI=1S/C14H22N2O3S/c1-8(2)7-19-11(17)10-9(3)15-13(20-10)16-12(18)14(4,5)6/h8H,7H2,1-6H3,(H,15,16,18). The number of ether oxygens (including phenoxy) is 1. The minimum atomic E-state index is -0.502. The van der Waals surface area contributed by atoms with Crippen molar-refractivity contribution in [3.05, 3.63) is 10.6 Å². The normalized spacial score (nSPS) is 11.6. The number of carbonyl (C=O) groups excluding carboxylic acids is 2. The van der Waals surface area contributed by atoms with Crippen LogP contribution in [0.25, 0.3) is 0 Å². The number of rotatable bonds is 4. The molecule has 1 aromatic rings. The molecule has 0 fully saturated rings. The Morgan fingerprint density at radius 1 is 1.35 bits per heavy atom. The molecular weight excluding hydrogens is 276 g/mol. The highest BCUT2D eigenvalue weighted by Crippen LogP contribution is 2.25. The van der Waals surface area contributed by atoms with Crippen LogP contribution in [-0.4, -0.2) is 23.5 Å². The van der Waals surface area contributed by atoms with Gasteiger partial charge in [-0.2, -0.15) is 0 Å². The topological polar surface area (TPSA) is 68.3 Å². The van der Waals surface area contributed by atoms with E-state index in [1.54, 1.807) is 6.92 Å². The van der Waals surface area contributed by atoms with E-state index in [0.29, 0.717) is 22.3 Å². The first-order valence-corrected chi connectivity index (χ1v) is 7.39. The summed E-state index contributed by atoms with van der Waals surface area (Å²) in [4.78, 5) is 28.4. The van der Waals surface area contributed by atoms with Crippen LogP contribution in [0.3, 0.4) is 0 Å². The fourth-order valence-electron chi connectivity index (χ4n) is 1.23. The highest BCUT2D eigenvalue weighted by atomic mass is 32.1. The van der Waals surface area contributed by atoms with E-state index in [1.165, 1.54) is 0 Å². The van der Waals surface area contributed by atoms with Crippen molar-refractivity contribution in [1.82, 2.24) is 4.98 Å². The minimum Gasteiger partial charge on any atom is -0.461 e. The Balaban J connectivity index is 2.78. The van der Waals surface area contributed by atoms with E-state index in [9.17, 15) is 9.59 Å². The molecule has 0 unspecified atom stereocenters. The third-order valence-corrected chi connectivity index (χ3v) is 3.48. The van der Waals surface area contributed by atoms with Crippen molar-refractivity contribution in [1.29, 1.82) is 0 Å². The molecule has 0 radical (unpaired) electrons. The highest BCUT2D eigenvalue weighted by molar-refractivity contribution is 7.17. The molecule has 0 atom stereocenters. The molecule has 1 amide bonds. The third kappa shape index (κ3) is 4.59. The lowest BCUT2D eigenvalue weighted by Gasteiger charge is -2.15. The Kier molecular flexibility index (Phi) is 5.28. The maximum Gasteiger partial charge on any atom is 0.350 e. The second kappa shape index (κ2) is 6.35. The lowest BCUT2D eigenvalue weighted by molar-refractivity contribution is -0.123. The zero-order valence-electron chi connectivity index (χ0n) is 12.9. The molecule has 0 bridgehead atoms. The van der Waals surface area contributed by atoms with Crippen LogP contribution in [0, 0.1) is 18.3 Å². The molecule has 20 heavy (non-hydrogen) atoms. The van der Waals surface area contributed by atoms with Crippen molar-refractivity contribution in [2.45, 2.75) is 41.5 Å². The maximum absolute atomic E-state index is 11.9. The van der Waals surface area contributed by atoms with Gasteiger partial charge in [0.15, 0.2) is 5.13 Å². The molecule has 1 heterocycles. The molecule has 5 nitrogen and oxygen atoms in total. The zero-order chi connectivity index (χ0) is 15.5. The summed E-state index contributed by atoms with van der Waals surface area (Å²) in [6, 6.07) is 0. The molecule has 0 spiro atoms. The van der Waals surface area contributed by atoms with Crippen LogP contribution in [0.5, 0.6) is 0 Å². The molecule has 0 aromatic carbocycles. The van der Waals surface area contributed by atoms with Crippen LogP contribution in [-0.2, 0) is 9.53 Å². The van der Waals surface area contributed by atoms with E-state index in [2.05, 4.69) is 10.3 Å². The first kappa shape index (κ1) is 16.6. The summed E-state index contributed by atoms with van der Waals surface area (Å²) < 4.78 is 5.17. The fraction of sp³-hybridized carbons (Fsp3) is 0.643. The van der Waals surface area contributed by atoms with Crippen LogP contribution in [0.4, 0.5) is 5.13 Å². The van der Waals surface area contributed by atoms with Crippen LogP contribution >= 0.6 is 11.3 Å². The van der Waals surface area contributed by atoms with E-state index in [4.69, 9.17) is 4.74 Å². The van der Waals surface area contributed by atoms with Gasteiger partial charge in [0.1, 0.15) is 4.88 Å². The number of nitrogens with one attached hydrogen (secondary N) is 1. The van der Waals surface area contributed by atoms with Gasteiger partial charge in [0.05, 0.1) is 12.3 Å². The van der Waals surface area contributed by atoms with Crippen LogP contribution < -0.4 is 5.32 Å². The molecule has 0 aliphatic carbocycles. The lowest BCUT2D eigenvalue weighted by Crippen LogP contribution is -2.27. The summed E-state index contributed by atoms with van der Waals surface area (Å²) in [5.74, 6) is -0.231. The minimum absolute atomic E-state index is 0.131. The second-order valence-corrected chi connectivity index (χ2v) is 7.13. The van der Waals surface area contributed by atoms with E-state index in [0.717, 1.165) is 11.3 Å². The lowest BCUT2D eigenvalue weighted by atomic mass is 9.96. The second-order valence-electron chi connectivity index (χ2n) is 6.13. The number of anilines is 1. The highest BCUT2D eigenvalue weighted by Gasteiger charge is 2.24. The number of carbonyl (C=O) groups is 2. The van der Waals surface area contributed by atoms with E-state index in [1.807, 2.05) is 34.6 Å². The van der Waals surface area contributed by atoms with Crippen molar-refractivity contribution < 1.29 is 14.3 Å². The summed E-state index contributed by atoms with van der Waals surface area (Å²) in [7, 11) is 0. The summed E-state index contributed by atoms with van der Waals surface area (Å²) in [6.07, 6.45) is 0. The monoisotopic (exact) mass is 298 g/mol. The molecule has 6 heteroatoms. The molecule has 0 saturated carbocycles. The van der Waals surface area contributed by atoms with E-state index < -0.39 is 5.41 Å². The van der Waals surface area contributed by atoms with Gasteiger partial charge in [0.25, 0.3) is 0 Å². The fourth-order valence-corrected chi connectivity index (χ4v) is 2.09. The average molecular weight is 298 g/mol. The number of thiazole rings is 1. The van der Waals surface area contributed by atoms with E-state index in [-0.39, 0.29) is 17.8 Å². The summed E-state index contributed by atoms with van der Waals surface area (Å²) in [5.41, 5.74) is 0.0747. The number of esters is 1. The van der Waals surface area contributed by atoms with Crippen molar-refractivity contribution in [3.8, 4) is 0 Å². The predicted octanol–water partition coefficient (Wildman–Crippen LogP) is 3.25. The van der Waals surface area contributed by atoms with Crippen LogP contribution in [0.2, 0.25) is 0 Å². The molecule has 0 saturated heterocycles. The number of hydrogen-bond acceptors (Lipinski definition) is 5. The molecule has 0 aliphatic rings. The number of aryl methyl sites for hydroxylation is 1. The largest absolute Gasteiger partial charge is 0.461 e. The van der Waals surface area contributed by atoms with Crippen LogP contribution in [0.15, 0.2) is 0 Å². The zero-order valence-corrected chi connectivity index (χ0v) is 13.7. The summed E-state index contributed by atoms with van der Waals surface area (Å²) in [6.45, 7) is 11.5. The van der Waals surface area contributed by atoms with Gasteiger partial charge in [-0.3, -0.25) is 4.79 Å². The maximum atomic E-state index is 11.9. The molecule has 1 N–H and O–H groups in total. The first-order chi connectivity index (χ1) is 9.11. The number of amides is 1. The molecule has 1 aromatic heterocycles. The smallest absolute Gasteiger partial charge is 0.350 e. The molecular formula is C14H22N2O3S. The van der Waals surface area contributed by atoms with Crippen molar-refractivity contribution >= 4 is 28.3 Å². The Labute approximate surface area is 123 Å². The van der Waals surface area contributed by atoms with Gasteiger partial charge >= 0.3 is 5.97 Å². The molecule has 112 valence electrons. The first-order valence-electron chi connectivity index (χ1n) is 6.57. The number of nitrogens with zero attached hydrogens (tertiary/aromatic N) is 1. The third-order valence-electron chi connectivity index (χ3n) is 2.43. The molecule has 1 rings (SSSR count). The Hall–Kier alpha value is -1.43. The van der Waals surface area contributed by atoms with Gasteiger partial charge < -0.3 is 10.1 Å². The van der Waals surface area contributed by atoms with Gasteiger partial charge in [-0.25, -0.2) is 9.78 Å². The quantitative estimate of drug-likeness (QED) is 0.866. The average Bonchev–Trinajstić information content (AvgIpc) is 2.66. The Morgan fingerprint density at radius 2 is 1.95 bits per heavy atom. The summed E-state index contributed by atoms with van der Waals surface area (Å²) in [5, 5.41) is 3.15. The predicted molar refractivity (Wildman–Crippen MR) is 80.1 cm³/mol. The summed E-state index contributed by atoms with van der Waals surface area (Å²) >= 11 is 1.15. The van der Waals surface area contributed by atoms with Gasteiger partial charge in [-0.15, -0.1) is 0 Å². The van der Waals surface area contributed by atoms with E-state index >= 15 is 0 Å². The van der Waals surface area contributed by atoms with Gasteiger partial charge in [0, 0.05) is 5.41 Å². The van der Waals surface area contributed by atoms with Crippen molar-refractivity contribution in [2.24, 2.45) is 11.3 Å². The Bertz CT molecular complexity index is 501. The molecule has 0 aliphatic heterocycles. The van der Waals surface area contributed by atoms with Gasteiger partial charge in [0.2, 0.25) is 5.91 Å². The van der Waals surface area contributed by atoms with Gasteiger partial charge in [-0.05, 0) is 12.8 Å².